The molecule has 40 heavy (non-hydrogen) atoms. The van der Waals surface area contributed by atoms with Crippen LogP contribution >= 0.6 is 0 Å². The maximum Gasteiger partial charge on any atom is 0.269 e. The number of hydrogen-bond acceptors (Lipinski definition) is 7. The molecule has 0 aliphatic rings. The zero-order chi connectivity index (χ0) is 28.0. The molecule has 9 nitrogen and oxygen atoms in total. The van der Waals surface area contributed by atoms with Crippen LogP contribution in [0.25, 0.3) is 38.9 Å². The molecule has 6 aromatic rings. The lowest BCUT2D eigenvalue weighted by Gasteiger charge is -2.14. The van der Waals surface area contributed by atoms with Crippen LogP contribution < -0.4 is 16.0 Å². The summed E-state index contributed by atoms with van der Waals surface area (Å²) in [5.74, 6) is -0.658. The highest BCUT2D eigenvalue weighted by molar-refractivity contribution is 5.98. The van der Waals surface area contributed by atoms with Crippen molar-refractivity contribution < 1.29 is 13.5 Å². The molecule has 0 aliphatic heterocycles. The van der Waals surface area contributed by atoms with E-state index in [1.807, 2.05) is 19.9 Å². The van der Waals surface area contributed by atoms with E-state index in [1.165, 1.54) is 39.8 Å². The third-order valence-corrected chi connectivity index (χ3v) is 6.35. The first-order valence-corrected chi connectivity index (χ1v) is 12.5. The molecule has 0 aliphatic carbocycles. The summed E-state index contributed by atoms with van der Waals surface area (Å²) in [4.78, 5) is 26.7. The highest BCUT2D eigenvalue weighted by Gasteiger charge is 2.22. The Bertz CT molecular complexity index is 1950. The normalized spacial score (nSPS) is 11.5. The Hall–Kier alpha value is -5.19. The molecule has 3 aromatic heterocycles. The largest absolute Gasteiger partial charge is 0.488 e. The minimum Gasteiger partial charge on any atom is -0.488 e. The Morgan fingerprint density at radius 3 is 2.50 bits per heavy atom. The molecule has 11 heteroatoms. The van der Waals surface area contributed by atoms with E-state index in [-0.39, 0.29) is 40.9 Å². The van der Waals surface area contributed by atoms with Crippen molar-refractivity contribution in [2.45, 2.75) is 26.5 Å². The number of benzene rings is 3. The number of nitrogen functional groups attached to an aromatic ring is 1. The summed E-state index contributed by atoms with van der Waals surface area (Å²) in [7, 11) is 0. The van der Waals surface area contributed by atoms with Gasteiger partial charge < -0.3 is 10.5 Å². The van der Waals surface area contributed by atoms with Gasteiger partial charge in [0, 0.05) is 5.56 Å². The summed E-state index contributed by atoms with van der Waals surface area (Å²) in [5, 5.41) is 5.00. The van der Waals surface area contributed by atoms with Gasteiger partial charge in [-0.25, -0.2) is 28.4 Å². The Balaban J connectivity index is 1.55. The maximum atomic E-state index is 14.9. The third-order valence-electron chi connectivity index (χ3n) is 6.35. The number of hydrogen-bond donors (Lipinski definition) is 1. The molecule has 200 valence electrons. The zero-order valence-electron chi connectivity index (χ0n) is 21.5. The molecule has 0 saturated carbocycles. The molecule has 0 fully saturated rings. The van der Waals surface area contributed by atoms with Gasteiger partial charge in [0.1, 0.15) is 41.4 Å². The smallest absolute Gasteiger partial charge is 0.269 e. The topological polar surface area (TPSA) is 114 Å². The molecule has 0 bridgehead atoms. The highest BCUT2D eigenvalue weighted by Crippen LogP contribution is 2.33. The van der Waals surface area contributed by atoms with Gasteiger partial charge in [-0.3, -0.25) is 9.36 Å². The lowest BCUT2D eigenvalue weighted by atomic mass is 10.1. The van der Waals surface area contributed by atoms with Crippen LogP contribution in [0.5, 0.6) is 5.75 Å². The second-order valence-corrected chi connectivity index (χ2v) is 9.41. The number of halogens is 2. The monoisotopic (exact) mass is 539 g/mol. The molecular formula is C29H23F2N7O2. The lowest BCUT2D eigenvalue weighted by Crippen LogP contribution is -2.26. The van der Waals surface area contributed by atoms with Crippen molar-refractivity contribution in [3.05, 3.63) is 101 Å². The quantitative estimate of drug-likeness (QED) is 0.321. The average molecular weight is 540 g/mol. The van der Waals surface area contributed by atoms with Gasteiger partial charge in [-0.05, 0) is 56.3 Å². The molecule has 3 heterocycles. The van der Waals surface area contributed by atoms with Gasteiger partial charge in [0.2, 0.25) is 0 Å². The number of ether oxygens (including phenoxy) is 1. The van der Waals surface area contributed by atoms with Crippen LogP contribution in [0.2, 0.25) is 0 Å². The summed E-state index contributed by atoms with van der Waals surface area (Å²) in [5.41, 5.74) is 7.54. The average Bonchev–Trinajstić information content (AvgIpc) is 3.29. The number of nitrogens with zero attached hydrogens (tertiary/aromatic N) is 6. The summed E-state index contributed by atoms with van der Waals surface area (Å²) in [6.07, 6.45) is 1.10. The fourth-order valence-corrected chi connectivity index (χ4v) is 4.66. The first kappa shape index (κ1) is 25.1. The standard InChI is InChI=1S/C29H23F2N7O2/c1-16(2)40-22-12-11-17(13-20(22)31)26-25-27(32)33-15-34-28(25)37(36-26)14-23-35-21-10-6-9-19(30)24(21)29(39)38(23)18-7-4-3-5-8-18/h3-13,15-16H,14H2,1-2H3,(H2,32,33,34). The number of fused-ring (bicyclic) bond motifs is 2. The molecule has 0 unspecified atom stereocenters. The van der Waals surface area contributed by atoms with Crippen LogP contribution in [0, 0.1) is 11.6 Å². The van der Waals surface area contributed by atoms with E-state index in [4.69, 9.17) is 15.6 Å². The van der Waals surface area contributed by atoms with Crippen LogP contribution in [0.1, 0.15) is 19.7 Å². The summed E-state index contributed by atoms with van der Waals surface area (Å²) in [6.45, 7) is 3.59. The van der Waals surface area contributed by atoms with Gasteiger partial charge in [0.05, 0.1) is 22.7 Å². The molecule has 0 spiro atoms. The summed E-state index contributed by atoms with van der Waals surface area (Å²) < 4.78 is 38.0. The van der Waals surface area contributed by atoms with Crippen molar-refractivity contribution in [2.75, 3.05) is 5.73 Å². The highest BCUT2D eigenvalue weighted by atomic mass is 19.1. The Kier molecular flexibility index (Phi) is 6.18. The van der Waals surface area contributed by atoms with Gasteiger partial charge in [0.15, 0.2) is 17.2 Å². The van der Waals surface area contributed by atoms with Crippen LogP contribution in [0.4, 0.5) is 14.6 Å². The molecule has 0 amide bonds. The maximum absolute atomic E-state index is 14.9. The number of rotatable bonds is 6. The molecule has 2 N–H and O–H groups in total. The van der Waals surface area contributed by atoms with Crippen LogP contribution in [0.3, 0.4) is 0 Å². The second-order valence-electron chi connectivity index (χ2n) is 9.41. The summed E-state index contributed by atoms with van der Waals surface area (Å²) >= 11 is 0. The first-order chi connectivity index (χ1) is 19.3. The summed E-state index contributed by atoms with van der Waals surface area (Å²) in [6, 6.07) is 17.6. The minimum atomic E-state index is -0.662. The molecule has 6 rings (SSSR count). The van der Waals surface area contributed by atoms with Crippen LogP contribution in [-0.2, 0) is 6.54 Å². The first-order valence-electron chi connectivity index (χ1n) is 12.5. The SMILES string of the molecule is CC(C)Oc1ccc(-c2nn(Cc3nc4cccc(F)c4c(=O)n3-c3ccccc3)c3ncnc(N)c23)cc1F. The van der Waals surface area contributed by atoms with Crippen molar-refractivity contribution in [1.29, 1.82) is 0 Å². The number of anilines is 1. The Morgan fingerprint density at radius 2 is 1.75 bits per heavy atom. The number of para-hydroxylation sites is 1. The van der Waals surface area contributed by atoms with Gasteiger partial charge in [-0.15, -0.1) is 0 Å². The van der Waals surface area contributed by atoms with E-state index < -0.39 is 17.2 Å². The van der Waals surface area contributed by atoms with Crippen LogP contribution in [-0.4, -0.2) is 35.4 Å². The van der Waals surface area contributed by atoms with Gasteiger partial charge in [0.25, 0.3) is 5.56 Å². The van der Waals surface area contributed by atoms with E-state index >= 15 is 0 Å². The fraction of sp³-hybridized carbons (Fsp3) is 0.138. The zero-order valence-corrected chi connectivity index (χ0v) is 21.5. The van der Waals surface area contributed by atoms with Crippen molar-refractivity contribution in [2.24, 2.45) is 0 Å². The van der Waals surface area contributed by atoms with Gasteiger partial charge in [-0.1, -0.05) is 24.3 Å². The molecule has 0 radical (unpaired) electrons. The predicted octanol–water partition coefficient (Wildman–Crippen LogP) is 4.89. The van der Waals surface area contributed by atoms with Crippen molar-refractivity contribution >= 4 is 27.8 Å². The Labute approximate surface area is 226 Å². The van der Waals surface area contributed by atoms with Crippen LogP contribution in [0.15, 0.2) is 77.9 Å². The fourth-order valence-electron chi connectivity index (χ4n) is 4.66. The molecule has 0 saturated heterocycles. The third kappa shape index (κ3) is 4.31. The number of aromatic nitrogens is 6. The minimum absolute atomic E-state index is 0.0272. The van der Waals surface area contributed by atoms with E-state index in [2.05, 4.69) is 15.0 Å². The van der Waals surface area contributed by atoms with Crippen molar-refractivity contribution in [1.82, 2.24) is 29.3 Å². The lowest BCUT2D eigenvalue weighted by molar-refractivity contribution is 0.231. The van der Waals surface area contributed by atoms with Gasteiger partial charge in [-0.2, -0.15) is 5.10 Å². The van der Waals surface area contributed by atoms with Gasteiger partial charge >= 0.3 is 0 Å². The molecular weight excluding hydrogens is 516 g/mol. The second kappa shape index (κ2) is 9.84. The van der Waals surface area contributed by atoms with E-state index in [0.717, 1.165) is 0 Å². The van der Waals surface area contributed by atoms with E-state index in [9.17, 15) is 13.6 Å². The molecule has 3 aromatic carbocycles. The van der Waals surface area contributed by atoms with Crippen molar-refractivity contribution in [3.8, 4) is 22.7 Å². The van der Waals surface area contributed by atoms with Crippen molar-refractivity contribution in [3.63, 3.8) is 0 Å². The molecule has 0 atom stereocenters. The van der Waals surface area contributed by atoms with E-state index in [0.29, 0.717) is 28.0 Å². The number of nitrogens with two attached hydrogens (primary N) is 1. The predicted molar refractivity (Wildman–Crippen MR) is 147 cm³/mol. The Morgan fingerprint density at radius 1 is 0.950 bits per heavy atom. The van der Waals surface area contributed by atoms with E-state index in [1.54, 1.807) is 36.4 Å².